The molecule has 5 nitrogen and oxygen atoms in total. The summed E-state index contributed by atoms with van der Waals surface area (Å²) in [5.41, 5.74) is 0. The number of nitrogens with zero attached hydrogens (tertiary/aromatic N) is 2. The molecule has 0 bridgehead atoms. The van der Waals surface area contributed by atoms with E-state index in [0.717, 1.165) is 19.4 Å². The summed E-state index contributed by atoms with van der Waals surface area (Å²) < 4.78 is 4.90. The average Bonchev–Trinajstić information content (AvgIpc) is 2.47. The molecule has 1 aliphatic rings. The normalized spacial score (nSPS) is 16.0. The molecule has 0 aromatic heterocycles. The van der Waals surface area contributed by atoms with E-state index in [2.05, 4.69) is 0 Å². The van der Waals surface area contributed by atoms with Crippen LogP contribution in [0, 0.1) is 0 Å². The van der Waals surface area contributed by atoms with E-state index in [1.54, 1.807) is 6.92 Å². The summed E-state index contributed by atoms with van der Waals surface area (Å²) in [6.45, 7) is 5.97. The number of likely N-dealkylation sites (N-methyl/N-ethyl adjacent to an activating group) is 2. The summed E-state index contributed by atoms with van der Waals surface area (Å²) in [7, 11) is 1.88. The molecule has 0 spiro atoms. The molecule has 0 radical (unpaired) electrons. The zero-order chi connectivity index (χ0) is 15.7. The van der Waals surface area contributed by atoms with E-state index in [-0.39, 0.29) is 11.9 Å². The van der Waals surface area contributed by atoms with Crippen LogP contribution in [0.15, 0.2) is 0 Å². The first-order chi connectivity index (χ1) is 10.1. The van der Waals surface area contributed by atoms with Crippen LogP contribution in [0.2, 0.25) is 0 Å². The lowest BCUT2D eigenvalue weighted by molar-refractivity contribution is -0.144. The molecule has 1 saturated carbocycles. The van der Waals surface area contributed by atoms with Gasteiger partial charge in [-0.05, 0) is 33.7 Å². The molecular formula is C16H30N2O3. The van der Waals surface area contributed by atoms with E-state index >= 15 is 0 Å². The van der Waals surface area contributed by atoms with Crippen molar-refractivity contribution in [2.24, 2.45) is 0 Å². The number of carbonyl (C=O) groups is 2. The molecular weight excluding hydrogens is 268 g/mol. The van der Waals surface area contributed by atoms with Crippen molar-refractivity contribution in [3.63, 3.8) is 0 Å². The van der Waals surface area contributed by atoms with E-state index in [1.165, 1.54) is 19.3 Å². The minimum Gasteiger partial charge on any atom is -0.466 e. The van der Waals surface area contributed by atoms with Gasteiger partial charge in [-0.15, -0.1) is 0 Å². The number of esters is 1. The Labute approximate surface area is 128 Å². The van der Waals surface area contributed by atoms with Gasteiger partial charge in [-0.25, -0.2) is 0 Å². The quantitative estimate of drug-likeness (QED) is 0.644. The number of amides is 1. The fraction of sp³-hybridized carbons (Fsp3) is 0.875. The van der Waals surface area contributed by atoms with Crippen molar-refractivity contribution in [3.8, 4) is 0 Å². The first kappa shape index (κ1) is 18.0. The van der Waals surface area contributed by atoms with Crippen molar-refractivity contribution in [2.75, 3.05) is 33.3 Å². The van der Waals surface area contributed by atoms with Crippen molar-refractivity contribution in [2.45, 2.75) is 58.4 Å². The van der Waals surface area contributed by atoms with Gasteiger partial charge >= 0.3 is 5.97 Å². The molecule has 0 saturated heterocycles. The molecule has 0 atom stereocenters. The van der Waals surface area contributed by atoms with Crippen LogP contribution in [0.3, 0.4) is 0 Å². The summed E-state index contributed by atoms with van der Waals surface area (Å²) in [6, 6.07) is 0.412. The lowest BCUT2D eigenvalue weighted by atomic mass is 9.94. The fourth-order valence-electron chi connectivity index (χ4n) is 2.95. The second-order valence-corrected chi connectivity index (χ2v) is 5.76. The highest BCUT2D eigenvalue weighted by Gasteiger charge is 2.24. The summed E-state index contributed by atoms with van der Waals surface area (Å²) in [5.74, 6) is -0.0211. The molecule has 1 amide bonds. The monoisotopic (exact) mass is 298 g/mol. The van der Waals surface area contributed by atoms with Crippen molar-refractivity contribution in [3.05, 3.63) is 0 Å². The Kier molecular flexibility index (Phi) is 8.35. The number of hydrogen-bond acceptors (Lipinski definition) is 4. The van der Waals surface area contributed by atoms with E-state index in [9.17, 15) is 9.59 Å². The molecule has 21 heavy (non-hydrogen) atoms. The maximum absolute atomic E-state index is 12.4. The smallest absolute Gasteiger partial charge is 0.307 e. The highest BCUT2D eigenvalue weighted by molar-refractivity contribution is 5.78. The van der Waals surface area contributed by atoms with E-state index in [0.29, 0.717) is 32.2 Å². The van der Waals surface area contributed by atoms with Crippen LogP contribution in [-0.4, -0.2) is 61.0 Å². The molecule has 122 valence electrons. The van der Waals surface area contributed by atoms with E-state index in [1.807, 2.05) is 23.8 Å². The zero-order valence-corrected chi connectivity index (χ0v) is 13.8. The third kappa shape index (κ3) is 6.46. The second-order valence-electron chi connectivity index (χ2n) is 5.76. The Morgan fingerprint density at radius 1 is 1.14 bits per heavy atom. The number of hydrogen-bond donors (Lipinski definition) is 0. The standard InChI is InChI=1S/C16H30N2O3/c1-4-18(14-9-7-6-8-10-14)15(19)13-17(3)12-11-16(20)21-5-2/h14H,4-13H2,1-3H3. The maximum atomic E-state index is 12.4. The second kappa shape index (κ2) is 9.77. The first-order valence-corrected chi connectivity index (χ1v) is 8.22. The lowest BCUT2D eigenvalue weighted by Crippen LogP contribution is -2.45. The summed E-state index contributed by atoms with van der Waals surface area (Å²) >= 11 is 0. The molecule has 1 aliphatic carbocycles. The molecule has 1 rings (SSSR count). The molecule has 0 heterocycles. The molecule has 0 aromatic carbocycles. The minimum absolute atomic E-state index is 0.177. The maximum Gasteiger partial charge on any atom is 0.307 e. The molecule has 0 unspecified atom stereocenters. The highest BCUT2D eigenvalue weighted by atomic mass is 16.5. The average molecular weight is 298 g/mol. The largest absolute Gasteiger partial charge is 0.466 e. The van der Waals surface area contributed by atoms with Gasteiger partial charge < -0.3 is 9.64 Å². The number of rotatable bonds is 8. The third-order valence-electron chi connectivity index (χ3n) is 4.08. The predicted octanol–water partition coefficient (Wildman–Crippen LogP) is 2.05. The van der Waals surface area contributed by atoms with Crippen molar-refractivity contribution in [1.82, 2.24) is 9.80 Å². The summed E-state index contributed by atoms with van der Waals surface area (Å²) in [5, 5.41) is 0. The SMILES string of the molecule is CCOC(=O)CCN(C)CC(=O)N(CC)C1CCCCC1. The van der Waals surface area contributed by atoms with Crippen LogP contribution in [0.25, 0.3) is 0 Å². The highest BCUT2D eigenvalue weighted by Crippen LogP contribution is 2.22. The van der Waals surface area contributed by atoms with Gasteiger partial charge in [0.05, 0.1) is 19.6 Å². The Hall–Kier alpha value is -1.10. The lowest BCUT2D eigenvalue weighted by Gasteiger charge is -2.34. The molecule has 0 aliphatic heterocycles. The predicted molar refractivity (Wildman–Crippen MR) is 83.0 cm³/mol. The minimum atomic E-state index is -0.198. The van der Waals surface area contributed by atoms with Crippen molar-refractivity contribution >= 4 is 11.9 Å². The van der Waals surface area contributed by atoms with Crippen LogP contribution in [0.1, 0.15) is 52.4 Å². The van der Waals surface area contributed by atoms with E-state index in [4.69, 9.17) is 4.74 Å². The van der Waals surface area contributed by atoms with Gasteiger partial charge in [0, 0.05) is 19.1 Å². The fourth-order valence-corrected chi connectivity index (χ4v) is 2.95. The third-order valence-corrected chi connectivity index (χ3v) is 4.08. The Morgan fingerprint density at radius 2 is 1.81 bits per heavy atom. The Morgan fingerprint density at radius 3 is 2.38 bits per heavy atom. The van der Waals surface area contributed by atoms with Crippen LogP contribution >= 0.6 is 0 Å². The summed E-state index contributed by atoms with van der Waals surface area (Å²) in [4.78, 5) is 27.7. The van der Waals surface area contributed by atoms with Crippen LogP contribution in [-0.2, 0) is 14.3 Å². The molecule has 0 aromatic rings. The van der Waals surface area contributed by atoms with Gasteiger partial charge in [0.15, 0.2) is 0 Å². The van der Waals surface area contributed by atoms with Crippen molar-refractivity contribution in [1.29, 1.82) is 0 Å². The van der Waals surface area contributed by atoms with E-state index < -0.39 is 0 Å². The Balaban J connectivity index is 2.36. The van der Waals surface area contributed by atoms with Crippen LogP contribution < -0.4 is 0 Å². The van der Waals surface area contributed by atoms with Gasteiger partial charge in [-0.2, -0.15) is 0 Å². The Bertz CT molecular complexity index is 327. The molecule has 0 N–H and O–H groups in total. The van der Waals surface area contributed by atoms with Gasteiger partial charge in [-0.1, -0.05) is 19.3 Å². The van der Waals surface area contributed by atoms with Gasteiger partial charge in [0.2, 0.25) is 5.91 Å². The van der Waals surface area contributed by atoms with Crippen molar-refractivity contribution < 1.29 is 14.3 Å². The van der Waals surface area contributed by atoms with Gasteiger partial charge in [0.1, 0.15) is 0 Å². The van der Waals surface area contributed by atoms with Gasteiger partial charge in [0.25, 0.3) is 0 Å². The molecule has 5 heteroatoms. The van der Waals surface area contributed by atoms with Crippen LogP contribution in [0.4, 0.5) is 0 Å². The van der Waals surface area contributed by atoms with Gasteiger partial charge in [-0.3, -0.25) is 14.5 Å². The summed E-state index contributed by atoms with van der Waals surface area (Å²) in [6.07, 6.45) is 6.35. The number of carbonyl (C=O) groups excluding carboxylic acids is 2. The number of ether oxygens (including phenoxy) is 1. The zero-order valence-electron chi connectivity index (χ0n) is 13.8. The molecule has 1 fully saturated rings. The van der Waals surface area contributed by atoms with Crippen LogP contribution in [0.5, 0.6) is 0 Å². The topological polar surface area (TPSA) is 49.9 Å². The first-order valence-electron chi connectivity index (χ1n) is 8.22.